The molecular formula is C20H22N4. The number of hydrogen-bond donors (Lipinski definition) is 1. The molecule has 1 saturated heterocycles. The molecule has 0 atom stereocenters. The molecule has 0 aliphatic carbocycles. The molecule has 3 heterocycles. The predicted molar refractivity (Wildman–Crippen MR) is 98.5 cm³/mol. The molecule has 1 aliphatic rings. The zero-order valence-electron chi connectivity index (χ0n) is 14.0. The van der Waals surface area contributed by atoms with Crippen molar-refractivity contribution in [1.82, 2.24) is 14.9 Å². The lowest BCUT2D eigenvalue weighted by Crippen LogP contribution is -2.18. The number of nitrogens with one attached hydrogen (secondary N) is 1. The van der Waals surface area contributed by atoms with Crippen LogP contribution in [0.25, 0.3) is 10.9 Å². The Balaban J connectivity index is 1.55. The minimum Gasteiger partial charge on any atom is -0.355 e. The molecule has 1 aliphatic heterocycles. The van der Waals surface area contributed by atoms with Crippen LogP contribution in [0.1, 0.15) is 24.1 Å². The van der Waals surface area contributed by atoms with Crippen molar-refractivity contribution in [3.8, 4) is 0 Å². The summed E-state index contributed by atoms with van der Waals surface area (Å²) in [6, 6.07) is 12.8. The molecule has 4 heteroatoms. The van der Waals surface area contributed by atoms with Crippen molar-refractivity contribution in [1.29, 1.82) is 0 Å². The Morgan fingerprint density at radius 1 is 1.08 bits per heavy atom. The highest BCUT2D eigenvalue weighted by Crippen LogP contribution is 2.26. The lowest BCUT2D eigenvalue weighted by atomic mass is 10.1. The molecule has 0 spiro atoms. The first-order valence-electron chi connectivity index (χ1n) is 8.58. The van der Waals surface area contributed by atoms with Crippen molar-refractivity contribution >= 4 is 22.3 Å². The van der Waals surface area contributed by atoms with Gasteiger partial charge in [0.1, 0.15) is 0 Å². The summed E-state index contributed by atoms with van der Waals surface area (Å²) in [4.78, 5) is 11.3. The van der Waals surface area contributed by atoms with Gasteiger partial charge in [-0.15, -0.1) is 0 Å². The molecule has 24 heavy (non-hydrogen) atoms. The van der Waals surface area contributed by atoms with Gasteiger partial charge >= 0.3 is 0 Å². The lowest BCUT2D eigenvalue weighted by Gasteiger charge is -2.15. The van der Waals surface area contributed by atoms with Gasteiger partial charge in [-0.1, -0.05) is 12.1 Å². The molecule has 0 unspecified atom stereocenters. The predicted octanol–water partition coefficient (Wildman–Crippen LogP) is 4.28. The largest absolute Gasteiger partial charge is 0.355 e. The molecule has 0 saturated carbocycles. The fourth-order valence-electron chi connectivity index (χ4n) is 3.35. The van der Waals surface area contributed by atoms with Crippen molar-refractivity contribution < 1.29 is 0 Å². The fourth-order valence-corrected chi connectivity index (χ4v) is 3.35. The van der Waals surface area contributed by atoms with E-state index >= 15 is 0 Å². The van der Waals surface area contributed by atoms with E-state index < -0.39 is 0 Å². The van der Waals surface area contributed by atoms with E-state index in [4.69, 9.17) is 0 Å². The van der Waals surface area contributed by atoms with Crippen molar-refractivity contribution in [3.05, 3.63) is 60.0 Å². The van der Waals surface area contributed by atoms with E-state index in [0.29, 0.717) is 0 Å². The van der Waals surface area contributed by atoms with E-state index in [9.17, 15) is 0 Å². The van der Waals surface area contributed by atoms with E-state index in [0.717, 1.165) is 34.5 Å². The molecule has 4 rings (SSSR count). The number of aromatic nitrogens is 2. The number of pyridine rings is 2. The second-order valence-corrected chi connectivity index (χ2v) is 6.51. The summed E-state index contributed by atoms with van der Waals surface area (Å²) in [5, 5.41) is 4.56. The van der Waals surface area contributed by atoms with Crippen LogP contribution in [0.4, 0.5) is 11.4 Å². The third kappa shape index (κ3) is 3.24. The third-order valence-corrected chi connectivity index (χ3v) is 4.58. The number of nitrogens with zero attached hydrogens (tertiary/aromatic N) is 3. The molecule has 1 N–H and O–H groups in total. The highest BCUT2D eigenvalue weighted by Gasteiger charge is 2.11. The summed E-state index contributed by atoms with van der Waals surface area (Å²) in [5.41, 5.74) is 5.49. The number of benzene rings is 1. The first-order chi connectivity index (χ1) is 11.8. The maximum atomic E-state index is 4.56. The third-order valence-electron chi connectivity index (χ3n) is 4.58. The zero-order valence-corrected chi connectivity index (χ0v) is 14.0. The van der Waals surface area contributed by atoms with Crippen LogP contribution in [0.3, 0.4) is 0 Å². The zero-order chi connectivity index (χ0) is 16.4. The highest BCUT2D eigenvalue weighted by molar-refractivity contribution is 5.92. The van der Waals surface area contributed by atoms with Gasteiger partial charge in [-0.3, -0.25) is 14.9 Å². The number of anilines is 2. The van der Waals surface area contributed by atoms with Crippen LogP contribution in [0.5, 0.6) is 0 Å². The van der Waals surface area contributed by atoms with Gasteiger partial charge in [0.25, 0.3) is 0 Å². The molecule has 122 valence electrons. The maximum absolute atomic E-state index is 4.56. The number of rotatable bonds is 4. The Hall–Kier alpha value is -2.46. The van der Waals surface area contributed by atoms with Crippen LogP contribution in [0, 0.1) is 6.92 Å². The molecule has 0 radical (unpaired) electrons. The summed E-state index contributed by atoms with van der Waals surface area (Å²) in [6.45, 7) is 5.54. The molecule has 1 aromatic carbocycles. The molecular weight excluding hydrogens is 296 g/mol. The lowest BCUT2D eigenvalue weighted by molar-refractivity contribution is 0.331. The number of hydrogen-bond acceptors (Lipinski definition) is 4. The van der Waals surface area contributed by atoms with Crippen LogP contribution in [-0.2, 0) is 6.54 Å². The SMILES string of the molecule is Cc1cc(Nc2ccc(CN3CCCC3)cc2)c2cnccc2n1. The van der Waals surface area contributed by atoms with Gasteiger partial charge in [-0.2, -0.15) is 0 Å². The van der Waals surface area contributed by atoms with E-state index in [2.05, 4.69) is 50.5 Å². The van der Waals surface area contributed by atoms with Gasteiger partial charge < -0.3 is 5.32 Å². The van der Waals surface area contributed by atoms with Crippen molar-refractivity contribution in [3.63, 3.8) is 0 Å². The summed E-state index contributed by atoms with van der Waals surface area (Å²) in [7, 11) is 0. The van der Waals surface area contributed by atoms with E-state index in [1.165, 1.54) is 31.5 Å². The van der Waals surface area contributed by atoms with Crippen LogP contribution in [0.2, 0.25) is 0 Å². The summed E-state index contributed by atoms with van der Waals surface area (Å²) in [6.07, 6.45) is 6.32. The summed E-state index contributed by atoms with van der Waals surface area (Å²) < 4.78 is 0. The molecule has 4 nitrogen and oxygen atoms in total. The second kappa shape index (κ2) is 6.57. The van der Waals surface area contributed by atoms with Gasteiger partial charge in [-0.25, -0.2) is 0 Å². The van der Waals surface area contributed by atoms with Crippen molar-refractivity contribution in [2.24, 2.45) is 0 Å². The molecule has 0 bridgehead atoms. The van der Waals surface area contributed by atoms with Crippen LogP contribution >= 0.6 is 0 Å². The Morgan fingerprint density at radius 2 is 1.88 bits per heavy atom. The van der Waals surface area contributed by atoms with Crippen molar-refractivity contribution in [2.75, 3.05) is 18.4 Å². The normalized spacial score (nSPS) is 15.0. The van der Waals surface area contributed by atoms with Crippen LogP contribution in [-0.4, -0.2) is 28.0 Å². The average molecular weight is 318 g/mol. The van der Waals surface area contributed by atoms with Gasteiger partial charge in [0, 0.05) is 35.7 Å². The quantitative estimate of drug-likeness (QED) is 0.779. The maximum Gasteiger partial charge on any atom is 0.0756 e. The Kier molecular flexibility index (Phi) is 4.13. The van der Waals surface area contributed by atoms with Crippen LogP contribution < -0.4 is 5.32 Å². The number of aryl methyl sites for hydroxylation is 1. The fraction of sp³-hybridized carbons (Fsp3) is 0.300. The van der Waals surface area contributed by atoms with Crippen LogP contribution in [0.15, 0.2) is 48.8 Å². The molecule has 1 fully saturated rings. The average Bonchev–Trinajstić information content (AvgIpc) is 3.09. The number of likely N-dealkylation sites (tertiary alicyclic amines) is 1. The van der Waals surface area contributed by atoms with Gasteiger partial charge in [0.15, 0.2) is 0 Å². The van der Waals surface area contributed by atoms with Crippen molar-refractivity contribution in [2.45, 2.75) is 26.3 Å². The van der Waals surface area contributed by atoms with E-state index in [1.54, 1.807) is 6.20 Å². The highest BCUT2D eigenvalue weighted by atomic mass is 15.1. The molecule has 2 aromatic heterocycles. The summed E-state index contributed by atoms with van der Waals surface area (Å²) in [5.74, 6) is 0. The minimum atomic E-state index is 0.971. The Bertz CT molecular complexity index is 836. The molecule has 0 amide bonds. The standard InChI is InChI=1S/C20H22N4/c1-15-12-20(18-13-21-9-8-19(18)22-15)23-17-6-4-16(5-7-17)14-24-10-2-3-11-24/h4-9,12-13H,2-3,10-11,14H2,1H3,(H,22,23). The first kappa shape index (κ1) is 15.1. The molecule has 3 aromatic rings. The van der Waals surface area contributed by atoms with E-state index in [-0.39, 0.29) is 0 Å². The minimum absolute atomic E-state index is 0.971. The van der Waals surface area contributed by atoms with Gasteiger partial charge in [0.05, 0.1) is 11.2 Å². The van der Waals surface area contributed by atoms with Gasteiger partial charge in [0.2, 0.25) is 0 Å². The summed E-state index contributed by atoms with van der Waals surface area (Å²) >= 11 is 0. The Labute approximate surface area is 142 Å². The topological polar surface area (TPSA) is 41.0 Å². The number of fused-ring (bicyclic) bond motifs is 1. The monoisotopic (exact) mass is 318 g/mol. The van der Waals surface area contributed by atoms with Gasteiger partial charge in [-0.05, 0) is 62.7 Å². The first-order valence-corrected chi connectivity index (χ1v) is 8.58. The second-order valence-electron chi connectivity index (χ2n) is 6.51. The Morgan fingerprint density at radius 3 is 2.67 bits per heavy atom. The smallest absolute Gasteiger partial charge is 0.0756 e. The van der Waals surface area contributed by atoms with E-state index in [1.807, 2.05) is 19.2 Å².